The largest absolute Gasteiger partial charge is 0.322 e. The maximum atomic E-state index is 12.6. The second-order valence-corrected chi connectivity index (χ2v) is 6.32. The van der Waals surface area contributed by atoms with Crippen LogP contribution >= 0.6 is 11.6 Å². The molecule has 0 aliphatic heterocycles. The van der Waals surface area contributed by atoms with Crippen LogP contribution < -0.4 is 5.32 Å². The summed E-state index contributed by atoms with van der Waals surface area (Å²) in [5.74, 6) is 0.386. The summed E-state index contributed by atoms with van der Waals surface area (Å²) in [5, 5.41) is 3.36. The number of benzene rings is 2. The third-order valence-corrected chi connectivity index (χ3v) is 4.47. The van der Waals surface area contributed by atoms with Crippen molar-refractivity contribution in [2.24, 2.45) is 0 Å². The van der Waals surface area contributed by atoms with Crippen molar-refractivity contribution in [2.75, 3.05) is 5.32 Å². The molecule has 6 heteroatoms. The molecule has 128 valence electrons. The molecular formula is C20H15ClN4O. The lowest BCUT2D eigenvalue weighted by molar-refractivity contribution is 0.102. The van der Waals surface area contributed by atoms with Gasteiger partial charge in [-0.3, -0.25) is 9.20 Å². The van der Waals surface area contributed by atoms with E-state index >= 15 is 0 Å². The van der Waals surface area contributed by atoms with Crippen LogP contribution in [0.3, 0.4) is 0 Å². The van der Waals surface area contributed by atoms with Crippen LogP contribution in [0.5, 0.6) is 0 Å². The fourth-order valence-electron chi connectivity index (χ4n) is 2.72. The molecule has 5 nitrogen and oxygen atoms in total. The summed E-state index contributed by atoms with van der Waals surface area (Å²) in [5.41, 5.74) is 3.80. The van der Waals surface area contributed by atoms with E-state index in [1.807, 2.05) is 48.0 Å². The SMILES string of the molecule is Cc1ccc(-c2cn3cccnc3n2)cc1NC(=O)c1ccccc1Cl. The zero-order valence-electron chi connectivity index (χ0n) is 14.0. The molecule has 0 aliphatic carbocycles. The van der Waals surface area contributed by atoms with Crippen LogP contribution in [0.15, 0.2) is 67.1 Å². The Kier molecular flexibility index (Phi) is 4.14. The molecule has 2 aromatic heterocycles. The highest BCUT2D eigenvalue weighted by atomic mass is 35.5. The third-order valence-electron chi connectivity index (χ3n) is 4.14. The Morgan fingerprint density at radius 2 is 2.00 bits per heavy atom. The number of nitrogens with one attached hydrogen (secondary N) is 1. The number of aromatic nitrogens is 3. The van der Waals surface area contributed by atoms with E-state index in [0.29, 0.717) is 16.4 Å². The van der Waals surface area contributed by atoms with Gasteiger partial charge in [0.15, 0.2) is 0 Å². The normalized spacial score (nSPS) is 10.8. The van der Waals surface area contributed by atoms with E-state index in [-0.39, 0.29) is 5.91 Å². The molecule has 0 radical (unpaired) electrons. The molecule has 0 saturated heterocycles. The minimum atomic E-state index is -0.243. The number of fused-ring (bicyclic) bond motifs is 1. The number of rotatable bonds is 3. The van der Waals surface area contributed by atoms with Crippen LogP contribution in [0.4, 0.5) is 5.69 Å². The topological polar surface area (TPSA) is 59.3 Å². The summed E-state index contributed by atoms with van der Waals surface area (Å²) in [4.78, 5) is 21.3. The lowest BCUT2D eigenvalue weighted by Crippen LogP contribution is -2.13. The molecule has 1 amide bonds. The molecule has 4 rings (SSSR count). The molecule has 26 heavy (non-hydrogen) atoms. The van der Waals surface area contributed by atoms with Gasteiger partial charge in [-0.25, -0.2) is 9.97 Å². The van der Waals surface area contributed by atoms with E-state index in [1.165, 1.54) is 0 Å². The second kappa shape index (κ2) is 6.61. The van der Waals surface area contributed by atoms with Crippen LogP contribution in [0, 0.1) is 6.92 Å². The van der Waals surface area contributed by atoms with Crippen LogP contribution in [0.2, 0.25) is 5.02 Å². The van der Waals surface area contributed by atoms with Crippen LogP contribution in [0.25, 0.3) is 17.0 Å². The van der Waals surface area contributed by atoms with Gasteiger partial charge in [0, 0.05) is 29.8 Å². The summed E-state index contributed by atoms with van der Waals surface area (Å²) < 4.78 is 1.86. The zero-order chi connectivity index (χ0) is 18.1. The van der Waals surface area contributed by atoms with E-state index in [4.69, 9.17) is 11.6 Å². The molecule has 0 spiro atoms. The molecule has 2 aromatic carbocycles. The maximum Gasteiger partial charge on any atom is 0.257 e. The lowest BCUT2D eigenvalue weighted by atomic mass is 10.1. The highest BCUT2D eigenvalue weighted by molar-refractivity contribution is 6.34. The summed E-state index contributed by atoms with van der Waals surface area (Å²) in [6.07, 6.45) is 5.51. The van der Waals surface area contributed by atoms with Crippen molar-refractivity contribution in [2.45, 2.75) is 6.92 Å². The molecule has 0 fully saturated rings. The van der Waals surface area contributed by atoms with Gasteiger partial charge in [0.05, 0.1) is 16.3 Å². The van der Waals surface area contributed by atoms with Gasteiger partial charge in [0.1, 0.15) is 0 Å². The average Bonchev–Trinajstić information content (AvgIpc) is 3.08. The van der Waals surface area contributed by atoms with Gasteiger partial charge in [-0.05, 0) is 36.8 Å². The Bertz CT molecular complexity index is 1090. The third kappa shape index (κ3) is 3.05. The second-order valence-electron chi connectivity index (χ2n) is 5.92. The number of carbonyl (C=O) groups is 1. The van der Waals surface area contributed by atoms with Gasteiger partial charge in [0.2, 0.25) is 5.78 Å². The number of halogens is 1. The van der Waals surface area contributed by atoms with Crippen LogP contribution in [0.1, 0.15) is 15.9 Å². The summed E-state index contributed by atoms with van der Waals surface area (Å²) in [6.45, 7) is 1.94. The number of hydrogen-bond donors (Lipinski definition) is 1. The van der Waals surface area contributed by atoms with Crippen molar-refractivity contribution >= 4 is 29.0 Å². The number of carbonyl (C=O) groups excluding carboxylic acids is 1. The first-order chi connectivity index (χ1) is 12.6. The number of aryl methyl sites for hydroxylation is 1. The minimum absolute atomic E-state index is 0.243. The van der Waals surface area contributed by atoms with E-state index in [0.717, 1.165) is 22.5 Å². The Morgan fingerprint density at radius 3 is 2.81 bits per heavy atom. The molecule has 0 saturated carbocycles. The number of anilines is 1. The first-order valence-electron chi connectivity index (χ1n) is 8.08. The van der Waals surface area contributed by atoms with Crippen molar-refractivity contribution in [1.82, 2.24) is 14.4 Å². The Morgan fingerprint density at radius 1 is 1.15 bits per heavy atom. The molecule has 0 bridgehead atoms. The lowest BCUT2D eigenvalue weighted by Gasteiger charge is -2.11. The molecule has 1 N–H and O–H groups in total. The minimum Gasteiger partial charge on any atom is -0.322 e. The molecule has 2 heterocycles. The number of imidazole rings is 1. The quantitative estimate of drug-likeness (QED) is 0.579. The fourth-order valence-corrected chi connectivity index (χ4v) is 2.94. The standard InChI is InChI=1S/C20H15ClN4O/c1-13-7-8-14(18-12-25-10-4-9-22-20(25)24-18)11-17(13)23-19(26)15-5-2-3-6-16(15)21/h2-12H,1H3,(H,23,26). The van der Waals surface area contributed by atoms with Gasteiger partial charge in [-0.15, -0.1) is 0 Å². The van der Waals surface area contributed by atoms with Crippen molar-refractivity contribution in [3.8, 4) is 11.3 Å². The molecular weight excluding hydrogens is 348 g/mol. The first-order valence-corrected chi connectivity index (χ1v) is 8.46. The van der Waals surface area contributed by atoms with E-state index in [9.17, 15) is 4.79 Å². The molecule has 0 unspecified atom stereocenters. The van der Waals surface area contributed by atoms with Crippen molar-refractivity contribution in [3.63, 3.8) is 0 Å². The molecule has 0 aliphatic rings. The maximum absolute atomic E-state index is 12.6. The molecule has 4 aromatic rings. The van der Waals surface area contributed by atoms with Gasteiger partial charge >= 0.3 is 0 Å². The Labute approximate surface area is 155 Å². The van der Waals surface area contributed by atoms with Crippen LogP contribution in [-0.4, -0.2) is 20.3 Å². The highest BCUT2D eigenvalue weighted by Gasteiger charge is 2.13. The Balaban J connectivity index is 1.68. The summed E-state index contributed by atoms with van der Waals surface area (Å²) in [6, 6.07) is 14.7. The van der Waals surface area contributed by atoms with E-state index in [1.54, 1.807) is 30.5 Å². The van der Waals surface area contributed by atoms with Gasteiger partial charge < -0.3 is 5.32 Å². The van der Waals surface area contributed by atoms with E-state index < -0.39 is 0 Å². The highest BCUT2D eigenvalue weighted by Crippen LogP contribution is 2.26. The van der Waals surface area contributed by atoms with Crippen molar-refractivity contribution in [1.29, 1.82) is 0 Å². The summed E-state index contributed by atoms with van der Waals surface area (Å²) >= 11 is 6.12. The van der Waals surface area contributed by atoms with Crippen molar-refractivity contribution in [3.05, 3.63) is 83.3 Å². The van der Waals surface area contributed by atoms with Crippen LogP contribution in [-0.2, 0) is 0 Å². The smallest absolute Gasteiger partial charge is 0.257 e. The summed E-state index contributed by atoms with van der Waals surface area (Å²) in [7, 11) is 0. The van der Waals surface area contributed by atoms with Gasteiger partial charge in [-0.1, -0.05) is 35.9 Å². The number of nitrogens with zero attached hydrogens (tertiary/aromatic N) is 3. The van der Waals surface area contributed by atoms with E-state index in [2.05, 4.69) is 15.3 Å². The van der Waals surface area contributed by atoms with Crippen molar-refractivity contribution < 1.29 is 4.79 Å². The number of hydrogen-bond acceptors (Lipinski definition) is 3. The molecule has 0 atom stereocenters. The fraction of sp³-hybridized carbons (Fsp3) is 0.0500. The zero-order valence-corrected chi connectivity index (χ0v) is 14.7. The van der Waals surface area contributed by atoms with Gasteiger partial charge in [-0.2, -0.15) is 0 Å². The first kappa shape index (κ1) is 16.3. The average molecular weight is 363 g/mol. The monoisotopic (exact) mass is 362 g/mol. The Hall–Kier alpha value is -3.18. The predicted octanol–water partition coefficient (Wildman–Crippen LogP) is 4.61. The predicted molar refractivity (Wildman–Crippen MR) is 103 cm³/mol. The van der Waals surface area contributed by atoms with Gasteiger partial charge in [0.25, 0.3) is 5.91 Å². The number of amides is 1.